The molecule has 0 atom stereocenters. The molecule has 41 heavy (non-hydrogen) atoms. The van der Waals surface area contributed by atoms with E-state index in [2.05, 4.69) is 65.6 Å². The van der Waals surface area contributed by atoms with E-state index in [4.69, 9.17) is 19.9 Å². The van der Waals surface area contributed by atoms with Crippen molar-refractivity contribution in [1.29, 1.82) is 0 Å². The van der Waals surface area contributed by atoms with E-state index in [0.29, 0.717) is 17.6 Å². The lowest BCUT2D eigenvalue weighted by Crippen LogP contribution is -2.19. The van der Waals surface area contributed by atoms with Crippen molar-refractivity contribution in [3.63, 3.8) is 0 Å². The average Bonchev–Trinajstić information content (AvgIpc) is 3.06. The fourth-order valence-corrected chi connectivity index (χ4v) is 5.54. The average molecular weight is 526 g/mol. The first kappa shape index (κ1) is 23.2. The zero-order valence-corrected chi connectivity index (χ0v) is 22.0. The second kappa shape index (κ2) is 9.50. The van der Waals surface area contributed by atoms with Crippen molar-refractivity contribution in [3.05, 3.63) is 140 Å². The molecule has 5 nitrogen and oxygen atoms in total. The van der Waals surface area contributed by atoms with Gasteiger partial charge in [-0.25, -0.2) is 9.97 Å². The lowest BCUT2D eigenvalue weighted by atomic mass is 9.94. The molecule has 0 amide bonds. The Morgan fingerprint density at radius 2 is 1.00 bits per heavy atom. The molecule has 3 heterocycles. The van der Waals surface area contributed by atoms with Crippen molar-refractivity contribution in [1.82, 2.24) is 19.9 Å². The molecule has 0 saturated carbocycles. The van der Waals surface area contributed by atoms with E-state index in [1.54, 1.807) is 0 Å². The van der Waals surface area contributed by atoms with Gasteiger partial charge in [0.25, 0.3) is 0 Å². The van der Waals surface area contributed by atoms with Gasteiger partial charge in [-0.15, -0.1) is 0 Å². The predicted molar refractivity (Wildman–Crippen MR) is 165 cm³/mol. The fourth-order valence-electron chi connectivity index (χ4n) is 5.54. The first-order valence-corrected chi connectivity index (χ1v) is 13.6. The van der Waals surface area contributed by atoms with Crippen LogP contribution in [0.3, 0.4) is 0 Å². The second-order valence-corrected chi connectivity index (χ2v) is 9.96. The van der Waals surface area contributed by atoms with E-state index in [1.165, 1.54) is 0 Å². The third-order valence-electron chi connectivity index (χ3n) is 7.43. The Kier molecular flexibility index (Phi) is 5.38. The van der Waals surface area contributed by atoms with Gasteiger partial charge in [0.2, 0.25) is 5.95 Å². The summed E-state index contributed by atoms with van der Waals surface area (Å²) in [6.07, 6.45) is 0. The van der Waals surface area contributed by atoms with Gasteiger partial charge in [-0.3, -0.25) is 4.90 Å². The maximum absolute atomic E-state index is 5.22. The summed E-state index contributed by atoms with van der Waals surface area (Å²) in [5, 5.41) is 2.19. The maximum atomic E-state index is 5.22. The molecule has 8 rings (SSSR count). The van der Waals surface area contributed by atoms with Gasteiger partial charge < -0.3 is 0 Å². The van der Waals surface area contributed by atoms with Crippen LogP contribution in [0.25, 0.3) is 56.1 Å². The lowest BCUT2D eigenvalue weighted by Gasteiger charge is -2.31. The van der Waals surface area contributed by atoms with Gasteiger partial charge in [0.15, 0.2) is 11.6 Å². The van der Waals surface area contributed by atoms with Gasteiger partial charge in [0, 0.05) is 27.6 Å². The molecule has 0 bridgehead atoms. The van der Waals surface area contributed by atoms with E-state index in [1.807, 2.05) is 78.9 Å². The maximum Gasteiger partial charge on any atom is 0.238 e. The van der Waals surface area contributed by atoms with Gasteiger partial charge in [-0.05, 0) is 23.6 Å². The smallest absolute Gasteiger partial charge is 0.238 e. The van der Waals surface area contributed by atoms with Crippen molar-refractivity contribution >= 4 is 28.1 Å². The van der Waals surface area contributed by atoms with Crippen molar-refractivity contribution in [2.75, 3.05) is 4.90 Å². The van der Waals surface area contributed by atoms with Gasteiger partial charge >= 0.3 is 0 Å². The molecule has 5 aromatic carbocycles. The number of hydrogen-bond donors (Lipinski definition) is 0. The van der Waals surface area contributed by atoms with E-state index >= 15 is 0 Å². The molecule has 192 valence electrons. The van der Waals surface area contributed by atoms with Crippen LogP contribution in [0.4, 0.5) is 17.3 Å². The molecular formula is C36H23N5. The van der Waals surface area contributed by atoms with Crippen LogP contribution in [0.5, 0.6) is 0 Å². The van der Waals surface area contributed by atoms with E-state index in [0.717, 1.165) is 55.8 Å². The highest BCUT2D eigenvalue weighted by Crippen LogP contribution is 2.50. The normalized spacial score (nSPS) is 11.9. The van der Waals surface area contributed by atoms with Crippen molar-refractivity contribution < 1.29 is 0 Å². The van der Waals surface area contributed by atoms with Crippen LogP contribution in [0.15, 0.2) is 140 Å². The summed E-state index contributed by atoms with van der Waals surface area (Å²) >= 11 is 0. The van der Waals surface area contributed by atoms with Crippen LogP contribution < -0.4 is 4.90 Å². The molecule has 2 aromatic heterocycles. The van der Waals surface area contributed by atoms with E-state index in [9.17, 15) is 0 Å². The van der Waals surface area contributed by atoms with Crippen LogP contribution in [0.2, 0.25) is 0 Å². The molecule has 0 saturated heterocycles. The number of anilines is 3. The molecule has 0 fully saturated rings. The minimum absolute atomic E-state index is 0.565. The first-order valence-electron chi connectivity index (χ1n) is 13.6. The largest absolute Gasteiger partial charge is 0.278 e. The zero-order chi connectivity index (χ0) is 27.2. The van der Waals surface area contributed by atoms with Crippen LogP contribution in [0.1, 0.15) is 0 Å². The number of benzene rings is 5. The Morgan fingerprint density at radius 1 is 0.439 bits per heavy atom. The quantitative estimate of drug-likeness (QED) is 0.230. The Bertz CT molecular complexity index is 1980. The van der Waals surface area contributed by atoms with Crippen molar-refractivity contribution in [3.8, 4) is 45.3 Å². The molecule has 7 aromatic rings. The monoisotopic (exact) mass is 525 g/mol. The second-order valence-electron chi connectivity index (χ2n) is 9.96. The van der Waals surface area contributed by atoms with E-state index in [-0.39, 0.29) is 0 Å². The topological polar surface area (TPSA) is 54.8 Å². The van der Waals surface area contributed by atoms with Gasteiger partial charge in [0.1, 0.15) is 0 Å². The highest BCUT2D eigenvalue weighted by molar-refractivity contribution is 6.12. The van der Waals surface area contributed by atoms with Crippen LogP contribution in [-0.2, 0) is 0 Å². The number of hydrogen-bond acceptors (Lipinski definition) is 5. The predicted octanol–water partition coefficient (Wildman–Crippen LogP) is 8.87. The zero-order valence-electron chi connectivity index (χ0n) is 22.0. The molecule has 0 unspecified atom stereocenters. The van der Waals surface area contributed by atoms with Crippen LogP contribution >= 0.6 is 0 Å². The SMILES string of the molecule is c1ccc(-c2cc3cccc4c3c(n2)-c2ccccc2N4c2nc(-c3ccccc3)nc(-c3ccccc3)n2)cc1. The highest BCUT2D eigenvalue weighted by Gasteiger charge is 2.29. The number of rotatable bonds is 4. The third kappa shape index (κ3) is 3.95. The summed E-state index contributed by atoms with van der Waals surface area (Å²) in [6.45, 7) is 0. The number of para-hydroxylation sites is 1. The molecule has 1 aliphatic rings. The van der Waals surface area contributed by atoms with E-state index < -0.39 is 0 Å². The summed E-state index contributed by atoms with van der Waals surface area (Å²) in [6, 6.07) is 47.4. The minimum Gasteiger partial charge on any atom is -0.278 e. The summed E-state index contributed by atoms with van der Waals surface area (Å²) in [5.74, 6) is 1.82. The van der Waals surface area contributed by atoms with Crippen LogP contribution in [0, 0.1) is 0 Å². The summed E-state index contributed by atoms with van der Waals surface area (Å²) in [4.78, 5) is 22.4. The Hall–Kier alpha value is -5.68. The molecule has 0 aliphatic carbocycles. The fraction of sp³-hybridized carbons (Fsp3) is 0. The van der Waals surface area contributed by atoms with Gasteiger partial charge in [0.05, 0.1) is 22.8 Å². The summed E-state index contributed by atoms with van der Waals surface area (Å²) in [5.41, 5.74) is 7.89. The van der Waals surface area contributed by atoms with Crippen molar-refractivity contribution in [2.24, 2.45) is 0 Å². The molecule has 0 N–H and O–H groups in total. The highest BCUT2D eigenvalue weighted by atomic mass is 15.3. The molecule has 5 heteroatoms. The standard InChI is InChI=1S/C36H23N5/c1-4-13-24(14-5-1)29-23-27-19-12-22-31-32(27)33(37-29)28-20-10-11-21-30(28)41(31)36-39-34(25-15-6-2-7-16-25)38-35(40-36)26-17-8-3-9-18-26/h1-23H. The Labute approximate surface area is 237 Å². The number of aromatic nitrogens is 4. The number of pyridine rings is 1. The molecule has 1 aliphatic heterocycles. The molecule has 0 radical (unpaired) electrons. The Balaban J connectivity index is 1.41. The summed E-state index contributed by atoms with van der Waals surface area (Å²) in [7, 11) is 0. The number of fused-ring (bicyclic) bond motifs is 2. The number of nitrogens with zero attached hydrogens (tertiary/aromatic N) is 5. The minimum atomic E-state index is 0.565. The molecule has 0 spiro atoms. The first-order chi connectivity index (χ1) is 20.3. The lowest BCUT2D eigenvalue weighted by molar-refractivity contribution is 1.02. The van der Waals surface area contributed by atoms with Crippen molar-refractivity contribution in [2.45, 2.75) is 0 Å². The van der Waals surface area contributed by atoms with Gasteiger partial charge in [-0.1, -0.05) is 121 Å². The molecular weight excluding hydrogens is 502 g/mol. The third-order valence-corrected chi connectivity index (χ3v) is 7.43. The van der Waals surface area contributed by atoms with Gasteiger partial charge in [-0.2, -0.15) is 9.97 Å². The van der Waals surface area contributed by atoms with Crippen LogP contribution in [-0.4, -0.2) is 19.9 Å². The summed E-state index contributed by atoms with van der Waals surface area (Å²) < 4.78 is 0. The Morgan fingerprint density at radius 3 is 1.66 bits per heavy atom.